The normalized spacial score (nSPS) is 28.7. The summed E-state index contributed by atoms with van der Waals surface area (Å²) in [7, 11) is 2.08. The molecule has 1 atom stereocenters. The molecule has 0 spiro atoms. The molecule has 2 aliphatic heterocycles. The Kier molecular flexibility index (Phi) is 5.07. The molecule has 2 heterocycles. The Morgan fingerprint density at radius 2 is 2.06 bits per heavy atom. The molecule has 2 rings (SSSR count). The van der Waals surface area contributed by atoms with E-state index in [-0.39, 0.29) is 0 Å². The molecule has 0 aliphatic carbocycles. The van der Waals surface area contributed by atoms with Gasteiger partial charge in [-0.2, -0.15) is 0 Å². The van der Waals surface area contributed by atoms with E-state index in [1.54, 1.807) is 0 Å². The summed E-state index contributed by atoms with van der Waals surface area (Å²) in [6, 6.07) is 0.759. The Morgan fingerprint density at radius 1 is 1.25 bits per heavy atom. The molecule has 0 aromatic heterocycles. The highest BCUT2D eigenvalue weighted by Crippen LogP contribution is 2.17. The molecule has 16 heavy (non-hydrogen) atoms. The molecular formula is C13H26N2O. The minimum Gasteiger partial charge on any atom is -0.378 e. The summed E-state index contributed by atoms with van der Waals surface area (Å²) < 4.78 is 5.65. The van der Waals surface area contributed by atoms with Crippen molar-refractivity contribution in [3.63, 3.8) is 0 Å². The van der Waals surface area contributed by atoms with Crippen LogP contribution in [0.5, 0.6) is 0 Å². The van der Waals surface area contributed by atoms with Gasteiger partial charge in [-0.15, -0.1) is 0 Å². The van der Waals surface area contributed by atoms with Crippen LogP contribution in [0, 0.1) is 0 Å². The van der Waals surface area contributed by atoms with Crippen molar-refractivity contribution >= 4 is 0 Å². The number of likely N-dealkylation sites (tertiary alicyclic amines) is 1. The second-order valence-corrected chi connectivity index (χ2v) is 5.18. The van der Waals surface area contributed by atoms with Crippen LogP contribution in [0.2, 0.25) is 0 Å². The van der Waals surface area contributed by atoms with Gasteiger partial charge in [0.05, 0.1) is 6.10 Å². The zero-order valence-corrected chi connectivity index (χ0v) is 10.6. The average Bonchev–Trinajstić information content (AvgIpc) is 2.83. The van der Waals surface area contributed by atoms with Crippen LogP contribution in [0.25, 0.3) is 0 Å². The van der Waals surface area contributed by atoms with E-state index in [0.717, 1.165) is 12.6 Å². The van der Waals surface area contributed by atoms with Crippen molar-refractivity contribution < 1.29 is 4.74 Å². The van der Waals surface area contributed by atoms with E-state index in [0.29, 0.717) is 6.10 Å². The van der Waals surface area contributed by atoms with Crippen molar-refractivity contribution in [2.45, 2.75) is 50.7 Å². The van der Waals surface area contributed by atoms with Crippen LogP contribution in [-0.2, 0) is 4.74 Å². The lowest BCUT2D eigenvalue weighted by Gasteiger charge is -2.31. The van der Waals surface area contributed by atoms with E-state index in [2.05, 4.69) is 17.3 Å². The summed E-state index contributed by atoms with van der Waals surface area (Å²) in [4.78, 5) is 2.61. The minimum absolute atomic E-state index is 0.579. The fourth-order valence-electron chi connectivity index (χ4n) is 2.86. The summed E-state index contributed by atoms with van der Waals surface area (Å²) in [5, 5.41) is 3.38. The van der Waals surface area contributed by atoms with E-state index in [1.807, 2.05) is 0 Å². The largest absolute Gasteiger partial charge is 0.378 e. The monoisotopic (exact) mass is 226 g/mol. The fourth-order valence-corrected chi connectivity index (χ4v) is 2.86. The van der Waals surface area contributed by atoms with Crippen LogP contribution >= 0.6 is 0 Å². The molecule has 2 saturated heterocycles. The molecule has 0 bridgehead atoms. The maximum Gasteiger partial charge on any atom is 0.0576 e. The molecule has 2 aliphatic rings. The maximum atomic E-state index is 5.65. The molecule has 1 N–H and O–H groups in total. The van der Waals surface area contributed by atoms with Gasteiger partial charge in [0.1, 0.15) is 0 Å². The Balaban J connectivity index is 1.53. The number of ether oxygens (including phenoxy) is 1. The van der Waals surface area contributed by atoms with Crippen LogP contribution in [0.15, 0.2) is 0 Å². The molecule has 0 aromatic rings. The summed E-state index contributed by atoms with van der Waals surface area (Å²) in [5.74, 6) is 0. The lowest BCUT2D eigenvalue weighted by Crippen LogP contribution is -2.41. The van der Waals surface area contributed by atoms with Gasteiger partial charge in [-0.3, -0.25) is 0 Å². The highest BCUT2D eigenvalue weighted by Gasteiger charge is 2.18. The quantitative estimate of drug-likeness (QED) is 0.771. The lowest BCUT2D eigenvalue weighted by atomic mass is 10.0. The maximum absolute atomic E-state index is 5.65. The Bertz CT molecular complexity index is 184. The topological polar surface area (TPSA) is 24.5 Å². The molecule has 2 fully saturated rings. The lowest BCUT2D eigenvalue weighted by molar-refractivity contribution is 0.0968. The number of hydrogen-bond acceptors (Lipinski definition) is 3. The molecule has 3 heteroatoms. The van der Waals surface area contributed by atoms with Gasteiger partial charge in [-0.1, -0.05) is 0 Å². The van der Waals surface area contributed by atoms with Gasteiger partial charge < -0.3 is 15.0 Å². The molecular weight excluding hydrogens is 200 g/mol. The van der Waals surface area contributed by atoms with Crippen molar-refractivity contribution in [3.8, 4) is 0 Å². The van der Waals surface area contributed by atoms with Crippen molar-refractivity contribution in [1.82, 2.24) is 10.2 Å². The third-order valence-electron chi connectivity index (χ3n) is 4.02. The molecule has 0 radical (unpaired) electrons. The van der Waals surface area contributed by atoms with Gasteiger partial charge in [0.25, 0.3) is 0 Å². The first kappa shape index (κ1) is 12.3. The van der Waals surface area contributed by atoms with Crippen molar-refractivity contribution in [2.24, 2.45) is 0 Å². The third kappa shape index (κ3) is 3.72. The standard InChI is InChI=1S/C13H26N2O/c1-14-12-6-9-15(10-7-12)8-2-4-13-5-3-11-16-13/h12-14H,2-11H2,1H3. The van der Waals surface area contributed by atoms with Gasteiger partial charge in [0, 0.05) is 12.6 Å². The fraction of sp³-hybridized carbons (Fsp3) is 1.00. The van der Waals surface area contributed by atoms with Gasteiger partial charge in [0.15, 0.2) is 0 Å². The zero-order valence-electron chi connectivity index (χ0n) is 10.6. The van der Waals surface area contributed by atoms with Crippen LogP contribution in [0.3, 0.4) is 0 Å². The second kappa shape index (κ2) is 6.58. The smallest absolute Gasteiger partial charge is 0.0576 e. The predicted octanol–water partition coefficient (Wildman–Crippen LogP) is 1.63. The Labute approximate surface area is 99.5 Å². The van der Waals surface area contributed by atoms with Gasteiger partial charge in [-0.25, -0.2) is 0 Å². The average molecular weight is 226 g/mol. The van der Waals surface area contributed by atoms with Crippen molar-refractivity contribution in [1.29, 1.82) is 0 Å². The summed E-state index contributed by atoms with van der Waals surface area (Å²) in [6.07, 6.45) is 8.36. The number of nitrogens with zero attached hydrogens (tertiary/aromatic N) is 1. The van der Waals surface area contributed by atoms with Gasteiger partial charge in [-0.05, 0) is 65.2 Å². The highest BCUT2D eigenvalue weighted by molar-refractivity contribution is 4.76. The first-order chi connectivity index (χ1) is 7.88. The number of piperidine rings is 1. The number of rotatable bonds is 5. The second-order valence-electron chi connectivity index (χ2n) is 5.18. The predicted molar refractivity (Wildman–Crippen MR) is 66.7 cm³/mol. The van der Waals surface area contributed by atoms with Crippen LogP contribution in [0.1, 0.15) is 38.5 Å². The van der Waals surface area contributed by atoms with E-state index in [4.69, 9.17) is 4.74 Å². The van der Waals surface area contributed by atoms with E-state index < -0.39 is 0 Å². The summed E-state index contributed by atoms with van der Waals surface area (Å²) >= 11 is 0. The molecule has 0 amide bonds. The number of nitrogens with one attached hydrogen (secondary N) is 1. The molecule has 0 saturated carbocycles. The number of hydrogen-bond donors (Lipinski definition) is 1. The van der Waals surface area contributed by atoms with Gasteiger partial charge in [0.2, 0.25) is 0 Å². The molecule has 1 unspecified atom stereocenters. The first-order valence-electron chi connectivity index (χ1n) is 6.89. The third-order valence-corrected chi connectivity index (χ3v) is 4.02. The summed E-state index contributed by atoms with van der Waals surface area (Å²) in [5.41, 5.74) is 0. The van der Waals surface area contributed by atoms with E-state index >= 15 is 0 Å². The zero-order chi connectivity index (χ0) is 11.2. The van der Waals surface area contributed by atoms with E-state index in [1.165, 1.54) is 58.2 Å². The van der Waals surface area contributed by atoms with Crippen molar-refractivity contribution in [3.05, 3.63) is 0 Å². The van der Waals surface area contributed by atoms with Gasteiger partial charge >= 0.3 is 0 Å². The summed E-state index contributed by atoms with van der Waals surface area (Å²) in [6.45, 7) is 4.82. The van der Waals surface area contributed by atoms with Crippen LogP contribution in [0.4, 0.5) is 0 Å². The molecule has 94 valence electrons. The van der Waals surface area contributed by atoms with E-state index in [9.17, 15) is 0 Å². The SMILES string of the molecule is CNC1CCN(CCCC2CCCO2)CC1. The van der Waals surface area contributed by atoms with Crippen LogP contribution in [-0.4, -0.2) is 50.3 Å². The highest BCUT2D eigenvalue weighted by atomic mass is 16.5. The Hall–Kier alpha value is -0.120. The molecule has 0 aromatic carbocycles. The Morgan fingerprint density at radius 3 is 2.69 bits per heavy atom. The van der Waals surface area contributed by atoms with Crippen LogP contribution < -0.4 is 5.32 Å². The molecule has 3 nitrogen and oxygen atoms in total. The minimum atomic E-state index is 0.579. The van der Waals surface area contributed by atoms with Crippen molar-refractivity contribution in [2.75, 3.05) is 33.3 Å². The first-order valence-corrected chi connectivity index (χ1v) is 6.89.